The predicted octanol–water partition coefficient (Wildman–Crippen LogP) is 6.15. The Morgan fingerprint density at radius 3 is 2.64 bits per heavy atom. The van der Waals surface area contributed by atoms with E-state index in [1.54, 1.807) is 12.3 Å². The van der Waals surface area contributed by atoms with Gasteiger partial charge in [0, 0.05) is 41.7 Å². The quantitative estimate of drug-likeness (QED) is 0.109. The van der Waals surface area contributed by atoms with Crippen LogP contribution in [0.4, 0.5) is 0 Å². The molecule has 238 valence electrons. The topological polar surface area (TPSA) is 156 Å². The lowest BCUT2D eigenvalue weighted by atomic mass is 9.95. The van der Waals surface area contributed by atoms with E-state index in [9.17, 15) is 14.7 Å². The molecule has 0 aliphatic heterocycles. The standard InChI is InChI=1S/C33H38N4O5.CH2O2/c1-4-41-18-8-11-30-36-28-19-22(12-15-29(28)37(30)24-9-6-5-7-10-24)31(38)34-17-16-23-21-35-27-14-13-25(20-26(23)27)42-33(2,3)32(39)40;2-1-3/h4,8,12-15,18-21,24,35H,1,5-7,9-11,16-17H2,2-3H3,(H,34,38)(H,39,40);1H,(H,2,3)/b18-8-;. The van der Waals surface area contributed by atoms with Crippen LogP contribution in [0.3, 0.4) is 0 Å². The van der Waals surface area contributed by atoms with Crippen molar-refractivity contribution in [2.75, 3.05) is 6.54 Å². The lowest BCUT2D eigenvalue weighted by Gasteiger charge is -2.25. The second-order valence-electron chi connectivity index (χ2n) is 11.3. The molecule has 1 amide bonds. The normalized spacial score (nSPS) is 13.7. The number of nitrogens with zero attached hydrogens (tertiary/aromatic N) is 2. The van der Waals surface area contributed by atoms with E-state index < -0.39 is 11.6 Å². The molecule has 5 rings (SSSR count). The number of amides is 1. The van der Waals surface area contributed by atoms with E-state index in [0.717, 1.165) is 46.2 Å². The van der Waals surface area contributed by atoms with E-state index in [2.05, 4.69) is 21.4 Å². The molecule has 0 radical (unpaired) electrons. The molecular formula is C34H40N4O7. The Bertz CT molecular complexity index is 1680. The molecule has 4 aromatic rings. The number of nitrogens with one attached hydrogen (secondary N) is 2. The Kier molecular flexibility index (Phi) is 11.0. The number of carboxylic acid groups (broad SMARTS) is 2. The number of hydrogen-bond acceptors (Lipinski definition) is 6. The number of aliphatic carboxylic acids is 1. The Balaban J connectivity index is 0.00000148. The van der Waals surface area contributed by atoms with Gasteiger partial charge in [-0.2, -0.15) is 0 Å². The Labute approximate surface area is 261 Å². The van der Waals surface area contributed by atoms with Crippen LogP contribution < -0.4 is 10.1 Å². The smallest absolute Gasteiger partial charge is 0.347 e. The summed E-state index contributed by atoms with van der Waals surface area (Å²) in [5, 5.41) is 20.2. The van der Waals surface area contributed by atoms with Gasteiger partial charge < -0.3 is 34.6 Å². The molecule has 1 fully saturated rings. The second-order valence-corrected chi connectivity index (χ2v) is 11.3. The van der Waals surface area contributed by atoms with Gasteiger partial charge in [0.2, 0.25) is 0 Å². The molecule has 2 heterocycles. The number of carboxylic acids is 1. The maximum absolute atomic E-state index is 13.1. The summed E-state index contributed by atoms with van der Waals surface area (Å²) in [7, 11) is 0. The highest BCUT2D eigenvalue weighted by molar-refractivity contribution is 5.97. The van der Waals surface area contributed by atoms with Crippen molar-refractivity contribution in [1.82, 2.24) is 19.9 Å². The number of allylic oxidation sites excluding steroid dienone is 1. The van der Waals surface area contributed by atoms with Crippen LogP contribution >= 0.6 is 0 Å². The van der Waals surface area contributed by atoms with E-state index in [4.69, 9.17) is 24.4 Å². The summed E-state index contributed by atoms with van der Waals surface area (Å²) in [6.07, 6.45) is 14.0. The number of aromatic nitrogens is 3. The summed E-state index contributed by atoms with van der Waals surface area (Å²) in [6, 6.07) is 11.6. The van der Waals surface area contributed by atoms with Crippen molar-refractivity contribution >= 4 is 40.3 Å². The molecule has 2 aromatic carbocycles. The number of carbonyl (C=O) groups is 3. The molecule has 0 bridgehead atoms. The van der Waals surface area contributed by atoms with Crippen molar-refractivity contribution in [3.8, 4) is 5.75 Å². The largest absolute Gasteiger partial charge is 0.483 e. The van der Waals surface area contributed by atoms with Crippen molar-refractivity contribution in [3.63, 3.8) is 0 Å². The molecular weight excluding hydrogens is 576 g/mol. The number of fused-ring (bicyclic) bond motifs is 2. The summed E-state index contributed by atoms with van der Waals surface area (Å²) in [6.45, 7) is 6.79. The molecule has 0 spiro atoms. The Hall–Kier alpha value is -5.06. The van der Waals surface area contributed by atoms with E-state index in [-0.39, 0.29) is 12.4 Å². The zero-order valence-electron chi connectivity index (χ0n) is 25.6. The summed E-state index contributed by atoms with van der Waals surface area (Å²) in [5.41, 5.74) is 3.01. The molecule has 1 aliphatic carbocycles. The van der Waals surface area contributed by atoms with Gasteiger partial charge in [-0.05, 0) is 81.1 Å². The fourth-order valence-corrected chi connectivity index (χ4v) is 5.62. The highest BCUT2D eigenvalue weighted by Crippen LogP contribution is 2.33. The van der Waals surface area contributed by atoms with Crippen LogP contribution in [-0.4, -0.2) is 55.2 Å². The highest BCUT2D eigenvalue weighted by atomic mass is 16.5. The molecule has 45 heavy (non-hydrogen) atoms. The van der Waals surface area contributed by atoms with Crippen LogP contribution in [0, 0.1) is 0 Å². The first kappa shape index (κ1) is 32.8. The maximum Gasteiger partial charge on any atom is 0.347 e. The number of hydrogen-bond donors (Lipinski definition) is 4. The van der Waals surface area contributed by atoms with Crippen LogP contribution in [0.5, 0.6) is 5.75 Å². The second kappa shape index (κ2) is 15.1. The summed E-state index contributed by atoms with van der Waals surface area (Å²) in [4.78, 5) is 41.1. The minimum Gasteiger partial charge on any atom is -0.483 e. The van der Waals surface area contributed by atoms with E-state index in [1.165, 1.54) is 39.4 Å². The molecule has 2 aromatic heterocycles. The molecule has 0 atom stereocenters. The number of rotatable bonds is 12. The first-order valence-corrected chi connectivity index (χ1v) is 15.0. The minimum absolute atomic E-state index is 0.156. The number of imidazole rings is 1. The first-order chi connectivity index (χ1) is 21.7. The van der Waals surface area contributed by atoms with Gasteiger partial charge in [-0.3, -0.25) is 9.59 Å². The van der Waals surface area contributed by atoms with Gasteiger partial charge >= 0.3 is 5.97 Å². The summed E-state index contributed by atoms with van der Waals surface area (Å²) < 4.78 is 13.2. The van der Waals surface area contributed by atoms with Crippen LogP contribution in [0.2, 0.25) is 0 Å². The third kappa shape index (κ3) is 8.11. The average Bonchev–Trinajstić information content (AvgIpc) is 3.60. The van der Waals surface area contributed by atoms with Gasteiger partial charge in [-0.1, -0.05) is 25.8 Å². The summed E-state index contributed by atoms with van der Waals surface area (Å²) in [5.74, 6) is 0.248. The lowest BCUT2D eigenvalue weighted by molar-refractivity contribution is -0.152. The number of benzene rings is 2. The van der Waals surface area contributed by atoms with Gasteiger partial charge in [-0.15, -0.1) is 0 Å². The lowest BCUT2D eigenvalue weighted by Crippen LogP contribution is -2.37. The van der Waals surface area contributed by atoms with Gasteiger partial charge in [-0.25, -0.2) is 9.78 Å². The van der Waals surface area contributed by atoms with Crippen LogP contribution in [0.25, 0.3) is 21.9 Å². The molecule has 0 saturated heterocycles. The number of H-pyrrole nitrogens is 1. The van der Waals surface area contributed by atoms with Gasteiger partial charge in [0.05, 0.1) is 23.6 Å². The van der Waals surface area contributed by atoms with Crippen LogP contribution in [0.1, 0.15) is 73.7 Å². The number of ether oxygens (including phenoxy) is 2. The Morgan fingerprint density at radius 1 is 1.18 bits per heavy atom. The number of carbonyl (C=O) groups excluding carboxylic acids is 1. The summed E-state index contributed by atoms with van der Waals surface area (Å²) >= 11 is 0. The Morgan fingerprint density at radius 2 is 1.93 bits per heavy atom. The van der Waals surface area contributed by atoms with Crippen molar-refractivity contribution in [2.45, 2.75) is 70.4 Å². The van der Waals surface area contributed by atoms with E-state index in [1.807, 2.05) is 42.6 Å². The van der Waals surface area contributed by atoms with Crippen molar-refractivity contribution in [3.05, 3.63) is 84.7 Å². The monoisotopic (exact) mass is 616 g/mol. The number of aromatic amines is 1. The fourth-order valence-electron chi connectivity index (χ4n) is 5.62. The van der Waals surface area contributed by atoms with Gasteiger partial charge in [0.15, 0.2) is 5.60 Å². The van der Waals surface area contributed by atoms with Crippen molar-refractivity contribution in [1.29, 1.82) is 0 Å². The highest BCUT2D eigenvalue weighted by Gasteiger charge is 2.29. The van der Waals surface area contributed by atoms with Crippen molar-refractivity contribution < 1.29 is 34.1 Å². The van der Waals surface area contributed by atoms with Crippen LogP contribution in [0.15, 0.2) is 67.8 Å². The zero-order chi connectivity index (χ0) is 32.4. The van der Waals surface area contributed by atoms with E-state index >= 15 is 0 Å². The van der Waals surface area contributed by atoms with E-state index in [0.29, 0.717) is 36.7 Å². The maximum atomic E-state index is 13.1. The fraction of sp³-hybridized carbons (Fsp3) is 0.353. The molecule has 4 N–H and O–H groups in total. The van der Waals surface area contributed by atoms with Gasteiger partial charge in [0.1, 0.15) is 11.6 Å². The van der Waals surface area contributed by atoms with Crippen molar-refractivity contribution in [2.24, 2.45) is 0 Å². The molecule has 1 saturated carbocycles. The molecule has 0 unspecified atom stereocenters. The average molecular weight is 617 g/mol. The SMILES string of the molecule is C=CO/C=C\Cc1nc2cc(C(=O)NCCc3c[nH]c4ccc(OC(C)(C)C(=O)O)cc34)ccc2n1C1CCCCC1.O=CO. The third-order valence-electron chi connectivity index (χ3n) is 7.84. The van der Waals surface area contributed by atoms with Crippen LogP contribution in [-0.2, 0) is 27.2 Å². The molecule has 1 aliphatic rings. The predicted molar refractivity (Wildman–Crippen MR) is 171 cm³/mol. The minimum atomic E-state index is -1.34. The first-order valence-electron chi connectivity index (χ1n) is 15.0. The third-order valence-corrected chi connectivity index (χ3v) is 7.84. The van der Waals surface area contributed by atoms with Gasteiger partial charge in [0.25, 0.3) is 12.4 Å². The molecule has 11 nitrogen and oxygen atoms in total. The zero-order valence-corrected chi connectivity index (χ0v) is 25.6. The molecule has 11 heteroatoms.